The Morgan fingerprint density at radius 1 is 1.50 bits per heavy atom. The first kappa shape index (κ1) is 8.81. The highest BCUT2D eigenvalue weighted by molar-refractivity contribution is 5.72. The van der Waals surface area contributed by atoms with E-state index in [0.717, 1.165) is 17.7 Å². The van der Waals surface area contributed by atoms with Gasteiger partial charge in [0.1, 0.15) is 24.7 Å². The van der Waals surface area contributed by atoms with Gasteiger partial charge in [0.2, 0.25) is 0 Å². The van der Waals surface area contributed by atoms with E-state index in [9.17, 15) is 4.79 Å². The van der Waals surface area contributed by atoms with Crippen molar-refractivity contribution >= 4 is 12.0 Å². The van der Waals surface area contributed by atoms with Crippen LogP contribution in [0.15, 0.2) is 37.0 Å². The second-order valence-corrected chi connectivity index (χ2v) is 3.07. The molecule has 0 spiro atoms. The van der Waals surface area contributed by atoms with Gasteiger partial charge in [-0.1, -0.05) is 18.7 Å². The Bertz CT molecular complexity index is 362. The molecule has 72 valence electrons. The van der Waals surface area contributed by atoms with Crippen LogP contribution in [0.2, 0.25) is 0 Å². The lowest BCUT2D eigenvalue weighted by molar-refractivity contribution is -0.109. The number of anilines is 1. The normalized spacial score (nSPS) is 19.4. The number of ether oxygens (including phenoxy) is 1. The van der Waals surface area contributed by atoms with Gasteiger partial charge in [0, 0.05) is 0 Å². The molecule has 2 rings (SSSR count). The number of carbonyl (C=O) groups excluding carboxylic acids is 1. The van der Waals surface area contributed by atoms with Gasteiger partial charge < -0.3 is 14.4 Å². The summed E-state index contributed by atoms with van der Waals surface area (Å²) in [4.78, 5) is 12.6. The average Bonchev–Trinajstić information content (AvgIpc) is 2.27. The van der Waals surface area contributed by atoms with Crippen LogP contribution in [0.3, 0.4) is 0 Å². The molecule has 0 saturated heterocycles. The molecular formula is C11H11NO2. The summed E-state index contributed by atoms with van der Waals surface area (Å²) in [5, 5.41) is 0. The van der Waals surface area contributed by atoms with Crippen LogP contribution >= 0.6 is 0 Å². The quantitative estimate of drug-likeness (QED) is 0.662. The lowest BCUT2D eigenvalue weighted by atomic mass is 10.2. The molecule has 1 heterocycles. The van der Waals surface area contributed by atoms with Gasteiger partial charge in [0.25, 0.3) is 0 Å². The number of benzene rings is 1. The number of nitrogens with zero attached hydrogens (tertiary/aromatic N) is 1. The summed E-state index contributed by atoms with van der Waals surface area (Å²) in [6.45, 7) is 4.07. The minimum Gasteiger partial charge on any atom is -0.489 e. The smallest absolute Gasteiger partial charge is 0.146 e. The molecule has 1 aromatic carbocycles. The van der Waals surface area contributed by atoms with E-state index >= 15 is 0 Å². The maximum absolute atomic E-state index is 10.8. The third-order valence-electron chi connectivity index (χ3n) is 2.26. The first-order valence-corrected chi connectivity index (χ1v) is 4.45. The Hall–Kier alpha value is -1.77. The van der Waals surface area contributed by atoms with Crippen molar-refractivity contribution in [3.63, 3.8) is 0 Å². The maximum atomic E-state index is 10.8. The molecule has 1 unspecified atom stereocenters. The van der Waals surface area contributed by atoms with Crippen LogP contribution in [0.25, 0.3) is 0 Å². The zero-order valence-corrected chi connectivity index (χ0v) is 7.72. The third-order valence-corrected chi connectivity index (χ3v) is 2.26. The number of carbonyl (C=O) groups is 1. The van der Waals surface area contributed by atoms with Crippen LogP contribution in [0.4, 0.5) is 5.69 Å². The second-order valence-electron chi connectivity index (χ2n) is 3.07. The summed E-state index contributed by atoms with van der Waals surface area (Å²) in [6, 6.07) is 7.34. The molecule has 0 aliphatic carbocycles. The number of rotatable bonds is 2. The highest BCUT2D eigenvalue weighted by atomic mass is 16.5. The molecule has 3 nitrogen and oxygen atoms in total. The monoisotopic (exact) mass is 189 g/mol. The Morgan fingerprint density at radius 2 is 2.29 bits per heavy atom. The molecule has 0 fully saturated rings. The van der Waals surface area contributed by atoms with Crippen molar-refractivity contribution in [3.05, 3.63) is 37.0 Å². The third kappa shape index (κ3) is 1.27. The van der Waals surface area contributed by atoms with Crippen molar-refractivity contribution in [2.45, 2.75) is 6.04 Å². The van der Waals surface area contributed by atoms with Gasteiger partial charge in [0.05, 0.1) is 5.69 Å². The fourth-order valence-corrected chi connectivity index (χ4v) is 1.57. The van der Waals surface area contributed by atoms with E-state index in [2.05, 4.69) is 6.58 Å². The van der Waals surface area contributed by atoms with Crippen LogP contribution in [-0.2, 0) is 4.79 Å². The largest absolute Gasteiger partial charge is 0.489 e. The molecule has 1 atom stereocenters. The summed E-state index contributed by atoms with van der Waals surface area (Å²) < 4.78 is 5.44. The van der Waals surface area contributed by atoms with Crippen LogP contribution < -0.4 is 9.64 Å². The average molecular weight is 189 g/mol. The molecule has 0 aromatic heterocycles. The Labute approximate surface area is 82.6 Å². The number of hydrogen-bond donors (Lipinski definition) is 0. The maximum Gasteiger partial charge on any atom is 0.146 e. The standard InChI is InChI=1S/C11H11NO2/c1-2-12-9(7-13)8-14-11-6-4-3-5-10(11)12/h2-7,9H,1,8H2. The van der Waals surface area contributed by atoms with Gasteiger partial charge in [-0.3, -0.25) is 0 Å². The van der Waals surface area contributed by atoms with Crippen LogP contribution in [0, 0.1) is 0 Å². The molecule has 0 radical (unpaired) electrons. The van der Waals surface area contributed by atoms with E-state index < -0.39 is 0 Å². The predicted molar refractivity (Wildman–Crippen MR) is 54.5 cm³/mol. The van der Waals surface area contributed by atoms with Gasteiger partial charge in [-0.2, -0.15) is 0 Å². The van der Waals surface area contributed by atoms with Crippen molar-refractivity contribution in [1.29, 1.82) is 0 Å². The summed E-state index contributed by atoms with van der Waals surface area (Å²) in [5.74, 6) is 0.797. The van der Waals surface area contributed by atoms with Crippen molar-refractivity contribution in [1.82, 2.24) is 0 Å². The SMILES string of the molecule is C=CN1c2ccccc2OCC1C=O. The Balaban J connectivity index is 2.44. The minimum atomic E-state index is -0.262. The van der Waals surface area contributed by atoms with E-state index in [1.807, 2.05) is 29.2 Å². The van der Waals surface area contributed by atoms with E-state index in [4.69, 9.17) is 4.74 Å². The molecule has 1 aliphatic rings. The fraction of sp³-hybridized carbons (Fsp3) is 0.182. The van der Waals surface area contributed by atoms with Gasteiger partial charge in [-0.15, -0.1) is 0 Å². The first-order chi connectivity index (χ1) is 6.86. The highest BCUT2D eigenvalue weighted by Crippen LogP contribution is 2.32. The van der Waals surface area contributed by atoms with E-state index in [1.54, 1.807) is 6.20 Å². The van der Waals surface area contributed by atoms with Crippen LogP contribution in [0.1, 0.15) is 0 Å². The first-order valence-electron chi connectivity index (χ1n) is 4.45. The number of para-hydroxylation sites is 2. The topological polar surface area (TPSA) is 29.5 Å². The summed E-state index contributed by atoms with van der Waals surface area (Å²) >= 11 is 0. The van der Waals surface area contributed by atoms with E-state index in [0.29, 0.717) is 6.61 Å². The van der Waals surface area contributed by atoms with Gasteiger partial charge in [-0.25, -0.2) is 0 Å². The fourth-order valence-electron chi connectivity index (χ4n) is 1.57. The summed E-state index contributed by atoms with van der Waals surface area (Å²) in [6.07, 6.45) is 2.53. The van der Waals surface area contributed by atoms with Gasteiger partial charge in [0.15, 0.2) is 0 Å². The highest BCUT2D eigenvalue weighted by Gasteiger charge is 2.24. The Kier molecular flexibility index (Phi) is 2.23. The zero-order valence-electron chi connectivity index (χ0n) is 7.72. The van der Waals surface area contributed by atoms with E-state index in [-0.39, 0.29) is 6.04 Å². The Morgan fingerprint density at radius 3 is 3.00 bits per heavy atom. The van der Waals surface area contributed by atoms with Crippen molar-refractivity contribution in [3.8, 4) is 5.75 Å². The molecule has 0 N–H and O–H groups in total. The number of hydrogen-bond acceptors (Lipinski definition) is 3. The van der Waals surface area contributed by atoms with Gasteiger partial charge >= 0.3 is 0 Å². The van der Waals surface area contributed by atoms with Gasteiger partial charge in [-0.05, 0) is 18.3 Å². The molecule has 0 bridgehead atoms. The van der Waals surface area contributed by atoms with Crippen molar-refractivity contribution in [2.24, 2.45) is 0 Å². The van der Waals surface area contributed by atoms with E-state index in [1.165, 1.54) is 0 Å². The lowest BCUT2D eigenvalue weighted by Gasteiger charge is -2.32. The molecule has 1 aromatic rings. The molecule has 1 aliphatic heterocycles. The lowest BCUT2D eigenvalue weighted by Crippen LogP contribution is -2.40. The predicted octanol–water partition coefficient (Wildman–Crippen LogP) is 1.60. The molecule has 3 heteroatoms. The van der Waals surface area contributed by atoms with Crippen molar-refractivity contribution in [2.75, 3.05) is 11.5 Å². The molecule has 14 heavy (non-hydrogen) atoms. The molecular weight excluding hydrogens is 178 g/mol. The number of fused-ring (bicyclic) bond motifs is 1. The van der Waals surface area contributed by atoms with Crippen molar-refractivity contribution < 1.29 is 9.53 Å². The molecule has 0 saturated carbocycles. The number of aldehydes is 1. The zero-order chi connectivity index (χ0) is 9.97. The second kappa shape index (κ2) is 3.54. The minimum absolute atomic E-state index is 0.262. The van der Waals surface area contributed by atoms with Crippen LogP contribution in [0.5, 0.6) is 5.75 Å². The summed E-state index contributed by atoms with van der Waals surface area (Å²) in [5.41, 5.74) is 0.894. The van der Waals surface area contributed by atoms with Crippen LogP contribution in [-0.4, -0.2) is 18.9 Å². The molecule has 0 amide bonds. The summed E-state index contributed by atoms with van der Waals surface area (Å²) in [7, 11) is 0.